The van der Waals surface area contributed by atoms with Crippen molar-refractivity contribution in [1.82, 2.24) is 4.90 Å². The molecule has 1 aromatic carbocycles. The summed E-state index contributed by atoms with van der Waals surface area (Å²) in [4.78, 5) is 2.23. The van der Waals surface area contributed by atoms with Gasteiger partial charge < -0.3 is 15.7 Å². The maximum atomic E-state index is 8.82. The number of rotatable bonds is 6. The molecule has 0 radical (unpaired) electrons. The van der Waals surface area contributed by atoms with Gasteiger partial charge >= 0.3 is 0 Å². The van der Waals surface area contributed by atoms with Gasteiger partial charge in [0.2, 0.25) is 0 Å². The minimum absolute atomic E-state index is 0.0938. The second-order valence-corrected chi connectivity index (χ2v) is 5.30. The molecule has 0 aromatic heterocycles. The van der Waals surface area contributed by atoms with Crippen molar-refractivity contribution in [3.8, 4) is 0 Å². The van der Waals surface area contributed by atoms with Crippen molar-refractivity contribution in [3.05, 3.63) is 35.9 Å². The smallest absolute Gasteiger partial charge is 0.141 e. The molecule has 1 aliphatic heterocycles. The number of likely N-dealkylation sites (N-methyl/N-ethyl adjacent to an activating group) is 1. The van der Waals surface area contributed by atoms with Crippen molar-refractivity contribution >= 4 is 5.84 Å². The van der Waals surface area contributed by atoms with Crippen LogP contribution in [-0.2, 0) is 4.74 Å². The van der Waals surface area contributed by atoms with Crippen molar-refractivity contribution < 1.29 is 9.94 Å². The fourth-order valence-electron chi connectivity index (χ4n) is 2.68. The Kier molecular flexibility index (Phi) is 5.38. The third-order valence-corrected chi connectivity index (χ3v) is 3.76. The van der Waals surface area contributed by atoms with Crippen molar-refractivity contribution in [2.24, 2.45) is 10.9 Å². The Hall–Kier alpha value is -1.59. The lowest BCUT2D eigenvalue weighted by atomic mass is 10.0. The number of hydrogen-bond donors (Lipinski definition) is 2. The van der Waals surface area contributed by atoms with Gasteiger partial charge in [-0.15, -0.1) is 0 Å². The minimum Gasteiger partial charge on any atom is -0.409 e. The van der Waals surface area contributed by atoms with Crippen LogP contribution in [0.25, 0.3) is 0 Å². The summed E-state index contributed by atoms with van der Waals surface area (Å²) in [5.41, 5.74) is 6.87. The minimum atomic E-state index is 0.0938. The predicted molar refractivity (Wildman–Crippen MR) is 78.8 cm³/mol. The van der Waals surface area contributed by atoms with Crippen molar-refractivity contribution in [2.45, 2.75) is 31.4 Å². The zero-order valence-corrected chi connectivity index (χ0v) is 11.9. The zero-order valence-electron chi connectivity index (χ0n) is 11.9. The number of hydrogen-bond acceptors (Lipinski definition) is 4. The molecule has 3 N–H and O–H groups in total. The first-order valence-electron chi connectivity index (χ1n) is 7.04. The van der Waals surface area contributed by atoms with Gasteiger partial charge in [0, 0.05) is 25.6 Å². The van der Waals surface area contributed by atoms with Crippen LogP contribution in [-0.4, -0.2) is 42.2 Å². The van der Waals surface area contributed by atoms with Crippen LogP contribution < -0.4 is 5.73 Å². The molecule has 5 nitrogen and oxygen atoms in total. The van der Waals surface area contributed by atoms with Gasteiger partial charge in [0.25, 0.3) is 0 Å². The lowest BCUT2D eigenvalue weighted by molar-refractivity contribution is 0.0686. The van der Waals surface area contributed by atoms with E-state index in [0.717, 1.165) is 26.0 Å². The van der Waals surface area contributed by atoms with Gasteiger partial charge in [-0.2, -0.15) is 0 Å². The van der Waals surface area contributed by atoms with Crippen LogP contribution in [0.15, 0.2) is 35.5 Å². The Morgan fingerprint density at radius 1 is 1.50 bits per heavy atom. The first kappa shape index (κ1) is 14.8. The Balaban J connectivity index is 2.08. The largest absolute Gasteiger partial charge is 0.409 e. The quantitative estimate of drug-likeness (QED) is 0.361. The molecule has 0 saturated carbocycles. The summed E-state index contributed by atoms with van der Waals surface area (Å²) < 4.78 is 5.69. The molecule has 1 aromatic rings. The lowest BCUT2D eigenvalue weighted by Gasteiger charge is -2.30. The number of nitrogens with two attached hydrogens (primary N) is 1. The highest BCUT2D eigenvalue weighted by Crippen LogP contribution is 2.25. The number of ether oxygens (including phenoxy) is 1. The Bertz CT molecular complexity index is 430. The summed E-state index contributed by atoms with van der Waals surface area (Å²) in [5, 5.41) is 11.9. The Labute approximate surface area is 120 Å². The molecule has 2 unspecified atom stereocenters. The van der Waals surface area contributed by atoms with E-state index in [-0.39, 0.29) is 11.9 Å². The molecule has 0 bridgehead atoms. The molecule has 1 saturated heterocycles. The van der Waals surface area contributed by atoms with Crippen LogP contribution in [0.3, 0.4) is 0 Å². The lowest BCUT2D eigenvalue weighted by Crippen LogP contribution is -2.34. The second-order valence-electron chi connectivity index (χ2n) is 5.30. The SMILES string of the molecule is CN(CC1CCCO1)C(CC(N)=NO)c1ccccc1. The van der Waals surface area contributed by atoms with E-state index in [1.165, 1.54) is 5.56 Å². The number of amidine groups is 1. The van der Waals surface area contributed by atoms with Gasteiger partial charge in [0.05, 0.1) is 6.10 Å². The molecule has 1 heterocycles. The zero-order chi connectivity index (χ0) is 14.4. The van der Waals surface area contributed by atoms with Crippen molar-refractivity contribution in [2.75, 3.05) is 20.2 Å². The molecular formula is C15H23N3O2. The Morgan fingerprint density at radius 3 is 2.85 bits per heavy atom. The maximum Gasteiger partial charge on any atom is 0.141 e. The predicted octanol–water partition coefficient (Wildman–Crippen LogP) is 1.97. The summed E-state index contributed by atoms with van der Waals surface area (Å²) in [6.45, 7) is 1.72. The van der Waals surface area contributed by atoms with Gasteiger partial charge in [-0.3, -0.25) is 4.90 Å². The molecule has 20 heavy (non-hydrogen) atoms. The van der Waals surface area contributed by atoms with E-state index in [1.54, 1.807) is 0 Å². The molecular weight excluding hydrogens is 254 g/mol. The van der Waals surface area contributed by atoms with E-state index >= 15 is 0 Å². The summed E-state index contributed by atoms with van der Waals surface area (Å²) >= 11 is 0. The molecule has 2 atom stereocenters. The van der Waals surface area contributed by atoms with Crippen LogP contribution in [0.5, 0.6) is 0 Å². The summed E-state index contributed by atoms with van der Waals surface area (Å²) in [6.07, 6.45) is 3.03. The monoisotopic (exact) mass is 277 g/mol. The first-order chi connectivity index (χ1) is 9.70. The third kappa shape index (κ3) is 3.95. The van der Waals surface area contributed by atoms with Crippen LogP contribution in [0, 0.1) is 0 Å². The van der Waals surface area contributed by atoms with Crippen LogP contribution in [0.1, 0.15) is 30.9 Å². The highest BCUT2D eigenvalue weighted by Gasteiger charge is 2.24. The number of nitrogens with zero attached hydrogens (tertiary/aromatic N) is 2. The molecule has 0 amide bonds. The normalized spacial score (nSPS) is 21.3. The van der Waals surface area contributed by atoms with Gasteiger partial charge in [0.1, 0.15) is 5.84 Å². The average molecular weight is 277 g/mol. The highest BCUT2D eigenvalue weighted by molar-refractivity contribution is 5.80. The van der Waals surface area contributed by atoms with E-state index in [1.807, 2.05) is 18.2 Å². The first-order valence-corrected chi connectivity index (χ1v) is 7.04. The van der Waals surface area contributed by atoms with E-state index in [0.29, 0.717) is 12.5 Å². The summed E-state index contributed by atoms with van der Waals surface area (Å²) in [7, 11) is 2.06. The van der Waals surface area contributed by atoms with Gasteiger partial charge in [-0.25, -0.2) is 0 Å². The van der Waals surface area contributed by atoms with Crippen molar-refractivity contribution in [3.63, 3.8) is 0 Å². The molecule has 5 heteroatoms. The van der Waals surface area contributed by atoms with Gasteiger partial charge in [0.15, 0.2) is 0 Å². The number of benzene rings is 1. The fourth-order valence-corrected chi connectivity index (χ4v) is 2.68. The van der Waals surface area contributed by atoms with Gasteiger partial charge in [-0.1, -0.05) is 35.5 Å². The topological polar surface area (TPSA) is 71.1 Å². The van der Waals surface area contributed by atoms with E-state index in [2.05, 4.69) is 29.2 Å². The van der Waals surface area contributed by atoms with Crippen molar-refractivity contribution in [1.29, 1.82) is 0 Å². The third-order valence-electron chi connectivity index (χ3n) is 3.76. The number of oxime groups is 1. The fraction of sp³-hybridized carbons (Fsp3) is 0.533. The molecule has 2 rings (SSSR count). The van der Waals surface area contributed by atoms with E-state index in [4.69, 9.17) is 15.7 Å². The van der Waals surface area contributed by atoms with Crippen LogP contribution >= 0.6 is 0 Å². The van der Waals surface area contributed by atoms with Gasteiger partial charge in [-0.05, 0) is 25.5 Å². The molecule has 1 fully saturated rings. The average Bonchev–Trinajstić information content (AvgIpc) is 2.98. The standard InChI is InChI=1S/C15H23N3O2/c1-18(11-13-8-5-9-20-13)14(10-15(16)17-19)12-6-3-2-4-7-12/h2-4,6-7,13-14,19H,5,8-11H2,1H3,(H2,16,17). The summed E-state index contributed by atoms with van der Waals surface area (Å²) in [5.74, 6) is 0.248. The molecule has 1 aliphatic rings. The molecule has 110 valence electrons. The molecule has 0 spiro atoms. The second kappa shape index (κ2) is 7.26. The highest BCUT2D eigenvalue weighted by atomic mass is 16.5. The van der Waals surface area contributed by atoms with E-state index in [9.17, 15) is 0 Å². The van der Waals surface area contributed by atoms with E-state index < -0.39 is 0 Å². The van der Waals surface area contributed by atoms with Crippen LogP contribution in [0.2, 0.25) is 0 Å². The maximum absolute atomic E-state index is 8.82. The van der Waals surface area contributed by atoms with Crippen LogP contribution in [0.4, 0.5) is 0 Å². The molecule has 0 aliphatic carbocycles. The summed E-state index contributed by atoms with van der Waals surface area (Å²) in [6, 6.07) is 10.2. The Morgan fingerprint density at radius 2 is 2.25 bits per heavy atom.